The van der Waals surface area contributed by atoms with Crippen molar-refractivity contribution in [2.75, 3.05) is 25.0 Å². The molecular weight excluding hydrogens is 434 g/mol. The summed E-state index contributed by atoms with van der Waals surface area (Å²) in [5.74, 6) is 0.723. The summed E-state index contributed by atoms with van der Waals surface area (Å²) in [6.45, 7) is 5.29. The van der Waals surface area contributed by atoms with E-state index >= 15 is 0 Å². The zero-order chi connectivity index (χ0) is 23.9. The van der Waals surface area contributed by atoms with E-state index < -0.39 is 4.92 Å². The fourth-order valence-electron chi connectivity index (χ4n) is 3.91. The molecular formula is C25H27N5O4. The summed E-state index contributed by atoms with van der Waals surface area (Å²) in [7, 11) is 0. The summed E-state index contributed by atoms with van der Waals surface area (Å²) >= 11 is 0. The standard InChI is InChI=1S/C25H27N5O4/c1-2-22-25(34-21-7-5-6-20(16-21)30(32)33)28-24(23(17-31)27-22)26-19-10-8-18(9-11-19)12-15-29-13-3-4-14-29/h5-11,16-17H,2-4,12-15H2,1H3,(H,26,28). The Morgan fingerprint density at radius 2 is 1.91 bits per heavy atom. The zero-order valence-electron chi connectivity index (χ0n) is 19.1. The van der Waals surface area contributed by atoms with Crippen molar-refractivity contribution >= 4 is 23.5 Å². The van der Waals surface area contributed by atoms with Gasteiger partial charge in [0.05, 0.1) is 11.0 Å². The Hall–Kier alpha value is -3.85. The number of hydrogen-bond donors (Lipinski definition) is 1. The largest absolute Gasteiger partial charge is 0.437 e. The van der Waals surface area contributed by atoms with E-state index in [1.807, 2.05) is 19.1 Å². The van der Waals surface area contributed by atoms with Crippen LogP contribution in [0.4, 0.5) is 17.2 Å². The van der Waals surface area contributed by atoms with Crippen LogP contribution in [0.5, 0.6) is 11.6 Å². The van der Waals surface area contributed by atoms with Gasteiger partial charge in [-0.05, 0) is 62.5 Å². The molecule has 0 saturated carbocycles. The second-order valence-electron chi connectivity index (χ2n) is 8.16. The number of aryl methyl sites for hydroxylation is 1. The molecule has 2 heterocycles. The molecule has 9 heteroatoms. The molecule has 3 aromatic rings. The van der Waals surface area contributed by atoms with Crippen molar-refractivity contribution in [2.45, 2.75) is 32.6 Å². The maximum Gasteiger partial charge on any atom is 0.273 e. The summed E-state index contributed by atoms with van der Waals surface area (Å²) in [5.41, 5.74) is 2.58. The highest BCUT2D eigenvalue weighted by Crippen LogP contribution is 2.29. The first-order chi connectivity index (χ1) is 16.6. The molecule has 176 valence electrons. The summed E-state index contributed by atoms with van der Waals surface area (Å²) in [6.07, 6.45) is 4.69. The molecule has 4 rings (SSSR count). The van der Waals surface area contributed by atoms with Crippen LogP contribution in [0.25, 0.3) is 0 Å². The van der Waals surface area contributed by atoms with Gasteiger partial charge in [-0.1, -0.05) is 25.1 Å². The Balaban J connectivity index is 1.52. The normalized spacial score (nSPS) is 13.6. The van der Waals surface area contributed by atoms with Gasteiger partial charge in [0.1, 0.15) is 17.1 Å². The van der Waals surface area contributed by atoms with Crippen molar-refractivity contribution in [3.8, 4) is 11.6 Å². The van der Waals surface area contributed by atoms with Gasteiger partial charge in [-0.25, -0.2) is 4.98 Å². The van der Waals surface area contributed by atoms with Gasteiger partial charge in [-0.15, -0.1) is 0 Å². The van der Waals surface area contributed by atoms with Crippen LogP contribution in [0.15, 0.2) is 48.5 Å². The van der Waals surface area contributed by atoms with Gasteiger partial charge < -0.3 is 15.0 Å². The van der Waals surface area contributed by atoms with Gasteiger partial charge in [0.25, 0.3) is 5.69 Å². The number of nitrogens with zero attached hydrogens (tertiary/aromatic N) is 4. The number of nitro benzene ring substituents is 1. The second kappa shape index (κ2) is 10.8. The van der Waals surface area contributed by atoms with Crippen LogP contribution in [-0.4, -0.2) is 45.7 Å². The lowest BCUT2D eigenvalue weighted by molar-refractivity contribution is -0.384. The average Bonchev–Trinajstić information content (AvgIpc) is 3.38. The fraction of sp³-hybridized carbons (Fsp3) is 0.320. The smallest absolute Gasteiger partial charge is 0.273 e. The molecule has 0 amide bonds. The third-order valence-corrected chi connectivity index (χ3v) is 5.78. The third kappa shape index (κ3) is 5.74. The first kappa shape index (κ1) is 23.3. The van der Waals surface area contributed by atoms with Crippen LogP contribution in [0.1, 0.15) is 41.5 Å². The molecule has 0 atom stereocenters. The molecule has 0 spiro atoms. The molecule has 0 bridgehead atoms. The van der Waals surface area contributed by atoms with E-state index in [9.17, 15) is 14.9 Å². The van der Waals surface area contributed by atoms with E-state index in [4.69, 9.17) is 4.74 Å². The van der Waals surface area contributed by atoms with Gasteiger partial charge in [0.15, 0.2) is 12.1 Å². The van der Waals surface area contributed by atoms with E-state index in [0.29, 0.717) is 18.4 Å². The number of nitro groups is 1. The van der Waals surface area contributed by atoms with Gasteiger partial charge in [-0.3, -0.25) is 14.9 Å². The highest BCUT2D eigenvalue weighted by Gasteiger charge is 2.16. The van der Waals surface area contributed by atoms with Crippen LogP contribution < -0.4 is 10.1 Å². The second-order valence-corrected chi connectivity index (χ2v) is 8.16. The summed E-state index contributed by atoms with van der Waals surface area (Å²) in [6, 6.07) is 13.9. The van der Waals surface area contributed by atoms with E-state index in [2.05, 4.69) is 32.3 Å². The Kier molecular flexibility index (Phi) is 7.44. The number of carbonyl (C=O) groups is 1. The Labute approximate surface area is 198 Å². The summed E-state index contributed by atoms with van der Waals surface area (Å²) in [5, 5.41) is 14.2. The van der Waals surface area contributed by atoms with Gasteiger partial charge in [0.2, 0.25) is 5.88 Å². The molecule has 1 aliphatic heterocycles. The predicted molar refractivity (Wildman–Crippen MR) is 129 cm³/mol. The fourth-order valence-corrected chi connectivity index (χ4v) is 3.91. The average molecular weight is 462 g/mol. The molecule has 0 unspecified atom stereocenters. The monoisotopic (exact) mass is 461 g/mol. The lowest BCUT2D eigenvalue weighted by Gasteiger charge is -2.15. The summed E-state index contributed by atoms with van der Waals surface area (Å²) < 4.78 is 5.83. The Bertz CT molecular complexity index is 1160. The first-order valence-electron chi connectivity index (χ1n) is 11.4. The number of hydrogen-bond acceptors (Lipinski definition) is 8. The van der Waals surface area contributed by atoms with Crippen LogP contribution in [0, 0.1) is 10.1 Å². The SMILES string of the molecule is CCc1nc(C=O)c(Nc2ccc(CCN3CCCC3)cc2)nc1Oc1cccc([N+](=O)[O-])c1. The highest BCUT2D eigenvalue weighted by atomic mass is 16.6. The number of ether oxygens (including phenoxy) is 1. The zero-order valence-corrected chi connectivity index (χ0v) is 19.1. The molecule has 1 saturated heterocycles. The van der Waals surface area contributed by atoms with Gasteiger partial charge in [-0.2, -0.15) is 4.98 Å². The topological polar surface area (TPSA) is 110 Å². The molecule has 9 nitrogen and oxygen atoms in total. The number of nitrogens with one attached hydrogen (secondary N) is 1. The van der Waals surface area contributed by atoms with Crippen molar-refractivity contribution in [3.63, 3.8) is 0 Å². The van der Waals surface area contributed by atoms with Crippen LogP contribution in [0.3, 0.4) is 0 Å². The number of aldehydes is 1. The highest BCUT2D eigenvalue weighted by molar-refractivity contribution is 5.82. The molecule has 2 aromatic carbocycles. The predicted octanol–water partition coefficient (Wildman–Crippen LogP) is 4.93. The minimum Gasteiger partial charge on any atom is -0.437 e. The van der Waals surface area contributed by atoms with E-state index in [1.165, 1.54) is 49.7 Å². The number of non-ortho nitro benzene ring substituents is 1. The molecule has 1 fully saturated rings. The van der Waals surface area contributed by atoms with Crippen LogP contribution in [-0.2, 0) is 12.8 Å². The maximum absolute atomic E-state index is 11.7. The number of rotatable bonds is 10. The molecule has 1 aromatic heterocycles. The number of carbonyl (C=O) groups excluding carboxylic acids is 1. The first-order valence-corrected chi connectivity index (χ1v) is 11.4. The molecule has 34 heavy (non-hydrogen) atoms. The molecule has 0 aliphatic carbocycles. The van der Waals surface area contributed by atoms with Crippen LogP contribution >= 0.6 is 0 Å². The molecule has 0 radical (unpaired) electrons. The van der Waals surface area contributed by atoms with E-state index in [1.54, 1.807) is 6.07 Å². The summed E-state index contributed by atoms with van der Waals surface area (Å²) in [4.78, 5) is 33.6. The van der Waals surface area contributed by atoms with Crippen molar-refractivity contribution in [3.05, 3.63) is 75.6 Å². The van der Waals surface area contributed by atoms with Gasteiger partial charge >= 0.3 is 0 Å². The van der Waals surface area contributed by atoms with Crippen molar-refractivity contribution in [1.82, 2.24) is 14.9 Å². The molecule has 1 N–H and O–H groups in total. The lowest BCUT2D eigenvalue weighted by Crippen LogP contribution is -2.21. The minimum absolute atomic E-state index is 0.0869. The maximum atomic E-state index is 11.7. The lowest BCUT2D eigenvalue weighted by atomic mass is 10.1. The molecule has 1 aliphatic rings. The van der Waals surface area contributed by atoms with Crippen molar-refractivity contribution < 1.29 is 14.5 Å². The Morgan fingerprint density at radius 1 is 1.15 bits per heavy atom. The van der Waals surface area contributed by atoms with Crippen LogP contribution in [0.2, 0.25) is 0 Å². The number of anilines is 2. The van der Waals surface area contributed by atoms with Crippen molar-refractivity contribution in [1.29, 1.82) is 0 Å². The number of benzene rings is 2. The van der Waals surface area contributed by atoms with Crippen molar-refractivity contribution in [2.24, 2.45) is 0 Å². The number of aromatic nitrogens is 2. The third-order valence-electron chi connectivity index (χ3n) is 5.78. The minimum atomic E-state index is -0.490. The Morgan fingerprint density at radius 3 is 2.59 bits per heavy atom. The van der Waals surface area contributed by atoms with Gasteiger partial charge in [0, 0.05) is 18.3 Å². The number of likely N-dealkylation sites (tertiary alicyclic amines) is 1. The quantitative estimate of drug-likeness (QED) is 0.257. The van der Waals surface area contributed by atoms with E-state index in [-0.39, 0.29) is 28.8 Å². The van der Waals surface area contributed by atoms with E-state index in [0.717, 1.165) is 18.7 Å².